The zero-order chi connectivity index (χ0) is 17.4. The molecule has 128 valence electrons. The molecule has 0 saturated heterocycles. The number of pyridine rings is 1. The molecular formula is C19H19N3O3. The standard InChI is InChI=1S/C19H19N3O3/c1-24-15-9-13-6-8-21(12-14(13)10-16(15)25-2)18-11-19(23)22-7-4-3-5-17(22)20-18/h3-5,7,9-11H,6,8,12H2,1-2H3. The van der Waals surface area contributed by atoms with Crippen LogP contribution in [0.2, 0.25) is 0 Å². The molecule has 0 amide bonds. The second-order valence-corrected chi connectivity index (χ2v) is 6.03. The van der Waals surface area contributed by atoms with Crippen molar-refractivity contribution in [3.8, 4) is 11.5 Å². The summed E-state index contributed by atoms with van der Waals surface area (Å²) in [5.41, 5.74) is 2.99. The van der Waals surface area contributed by atoms with Gasteiger partial charge in [0, 0.05) is 25.4 Å². The lowest BCUT2D eigenvalue weighted by atomic mass is 9.99. The summed E-state index contributed by atoms with van der Waals surface area (Å²) in [5.74, 6) is 2.17. The molecule has 2 aromatic heterocycles. The summed E-state index contributed by atoms with van der Waals surface area (Å²) in [5, 5.41) is 0. The van der Waals surface area contributed by atoms with Crippen LogP contribution in [0.15, 0.2) is 47.4 Å². The van der Waals surface area contributed by atoms with E-state index in [1.165, 1.54) is 11.1 Å². The highest BCUT2D eigenvalue weighted by Gasteiger charge is 2.21. The smallest absolute Gasteiger partial charge is 0.259 e. The Morgan fingerprint density at radius 2 is 1.80 bits per heavy atom. The average Bonchev–Trinajstić information content (AvgIpc) is 2.66. The van der Waals surface area contributed by atoms with Gasteiger partial charge in [-0.2, -0.15) is 0 Å². The first-order chi connectivity index (χ1) is 12.2. The predicted octanol–water partition coefficient (Wildman–Crippen LogP) is 2.27. The average molecular weight is 337 g/mol. The Bertz CT molecular complexity index is 997. The third-order valence-electron chi connectivity index (χ3n) is 4.60. The maximum Gasteiger partial charge on any atom is 0.259 e. The largest absolute Gasteiger partial charge is 0.493 e. The molecule has 0 atom stereocenters. The Labute approximate surface area is 145 Å². The van der Waals surface area contributed by atoms with Gasteiger partial charge in [-0.05, 0) is 41.8 Å². The van der Waals surface area contributed by atoms with Crippen molar-refractivity contribution in [2.75, 3.05) is 25.7 Å². The molecule has 1 aliphatic rings. The van der Waals surface area contributed by atoms with E-state index in [0.29, 0.717) is 18.0 Å². The number of hydrogen-bond acceptors (Lipinski definition) is 5. The highest BCUT2D eigenvalue weighted by molar-refractivity contribution is 5.53. The van der Waals surface area contributed by atoms with Gasteiger partial charge < -0.3 is 14.4 Å². The number of methoxy groups -OCH3 is 2. The summed E-state index contributed by atoms with van der Waals surface area (Å²) in [6.07, 6.45) is 2.60. The third-order valence-corrected chi connectivity index (χ3v) is 4.60. The van der Waals surface area contributed by atoms with Gasteiger partial charge in [-0.3, -0.25) is 9.20 Å². The number of aromatic nitrogens is 2. The van der Waals surface area contributed by atoms with Crippen LogP contribution in [0, 0.1) is 0 Å². The van der Waals surface area contributed by atoms with E-state index in [-0.39, 0.29) is 5.56 Å². The maximum atomic E-state index is 12.3. The van der Waals surface area contributed by atoms with Crippen LogP contribution in [0.25, 0.3) is 5.65 Å². The molecule has 4 rings (SSSR count). The Balaban J connectivity index is 1.72. The van der Waals surface area contributed by atoms with Gasteiger partial charge in [0.15, 0.2) is 11.5 Å². The van der Waals surface area contributed by atoms with Crippen LogP contribution in [0.3, 0.4) is 0 Å². The fraction of sp³-hybridized carbons (Fsp3) is 0.263. The van der Waals surface area contributed by atoms with Crippen LogP contribution in [-0.4, -0.2) is 30.1 Å². The Morgan fingerprint density at radius 1 is 1.04 bits per heavy atom. The molecule has 0 fully saturated rings. The van der Waals surface area contributed by atoms with Crippen molar-refractivity contribution in [3.63, 3.8) is 0 Å². The molecular weight excluding hydrogens is 318 g/mol. The minimum absolute atomic E-state index is 0.0706. The molecule has 3 aromatic rings. The van der Waals surface area contributed by atoms with E-state index in [4.69, 9.17) is 9.47 Å². The number of ether oxygens (including phenoxy) is 2. The normalized spacial score (nSPS) is 13.6. The zero-order valence-corrected chi connectivity index (χ0v) is 14.2. The van der Waals surface area contributed by atoms with Crippen molar-refractivity contribution < 1.29 is 9.47 Å². The van der Waals surface area contributed by atoms with Crippen LogP contribution in [-0.2, 0) is 13.0 Å². The Hall–Kier alpha value is -3.02. The van der Waals surface area contributed by atoms with Crippen molar-refractivity contribution in [3.05, 3.63) is 64.1 Å². The second kappa shape index (κ2) is 6.12. The van der Waals surface area contributed by atoms with Crippen LogP contribution in [0.1, 0.15) is 11.1 Å². The van der Waals surface area contributed by atoms with Crippen molar-refractivity contribution in [1.82, 2.24) is 9.38 Å². The van der Waals surface area contributed by atoms with Gasteiger partial charge in [-0.1, -0.05) is 6.07 Å². The molecule has 0 saturated carbocycles. The quantitative estimate of drug-likeness (QED) is 0.734. The summed E-state index contributed by atoms with van der Waals surface area (Å²) < 4.78 is 12.3. The van der Waals surface area contributed by atoms with Crippen LogP contribution < -0.4 is 19.9 Å². The number of nitrogens with zero attached hydrogens (tertiary/aromatic N) is 3. The van der Waals surface area contributed by atoms with E-state index in [1.54, 1.807) is 30.9 Å². The van der Waals surface area contributed by atoms with Gasteiger partial charge >= 0.3 is 0 Å². The second-order valence-electron chi connectivity index (χ2n) is 6.03. The number of rotatable bonds is 3. The van der Waals surface area contributed by atoms with E-state index in [0.717, 1.165) is 24.5 Å². The highest BCUT2D eigenvalue weighted by atomic mass is 16.5. The lowest BCUT2D eigenvalue weighted by Gasteiger charge is -2.30. The van der Waals surface area contributed by atoms with E-state index in [9.17, 15) is 4.79 Å². The maximum absolute atomic E-state index is 12.3. The van der Waals surface area contributed by atoms with E-state index < -0.39 is 0 Å². The first kappa shape index (κ1) is 15.5. The van der Waals surface area contributed by atoms with Crippen LogP contribution >= 0.6 is 0 Å². The van der Waals surface area contributed by atoms with Gasteiger partial charge in [0.25, 0.3) is 5.56 Å². The molecule has 1 aliphatic heterocycles. The monoisotopic (exact) mass is 337 g/mol. The first-order valence-electron chi connectivity index (χ1n) is 8.17. The van der Waals surface area contributed by atoms with Gasteiger partial charge in [0.2, 0.25) is 0 Å². The third kappa shape index (κ3) is 2.69. The molecule has 0 N–H and O–H groups in total. The fourth-order valence-corrected chi connectivity index (χ4v) is 3.28. The SMILES string of the molecule is COc1cc2c(cc1OC)CN(c1cc(=O)n3ccccc3n1)CC2. The molecule has 0 spiro atoms. The fourth-order valence-electron chi connectivity index (χ4n) is 3.28. The zero-order valence-electron chi connectivity index (χ0n) is 14.2. The molecule has 0 bridgehead atoms. The van der Waals surface area contributed by atoms with E-state index in [1.807, 2.05) is 30.3 Å². The molecule has 0 radical (unpaired) electrons. The van der Waals surface area contributed by atoms with E-state index in [2.05, 4.69) is 9.88 Å². The summed E-state index contributed by atoms with van der Waals surface area (Å²) in [7, 11) is 3.28. The molecule has 0 unspecified atom stereocenters. The summed E-state index contributed by atoms with van der Waals surface area (Å²) in [4.78, 5) is 19.1. The van der Waals surface area contributed by atoms with Crippen molar-refractivity contribution in [1.29, 1.82) is 0 Å². The highest BCUT2D eigenvalue weighted by Crippen LogP contribution is 2.34. The van der Waals surface area contributed by atoms with Crippen LogP contribution in [0.4, 0.5) is 5.82 Å². The van der Waals surface area contributed by atoms with Gasteiger partial charge in [-0.15, -0.1) is 0 Å². The summed E-state index contributed by atoms with van der Waals surface area (Å²) >= 11 is 0. The van der Waals surface area contributed by atoms with Gasteiger partial charge in [0.1, 0.15) is 11.5 Å². The van der Waals surface area contributed by atoms with Crippen molar-refractivity contribution >= 4 is 11.5 Å². The summed E-state index contributed by atoms with van der Waals surface area (Å²) in [6.45, 7) is 1.49. The topological polar surface area (TPSA) is 56.1 Å². The number of benzene rings is 1. The minimum atomic E-state index is -0.0706. The molecule has 0 aliphatic carbocycles. The molecule has 6 heteroatoms. The van der Waals surface area contributed by atoms with Crippen LogP contribution in [0.5, 0.6) is 11.5 Å². The number of fused-ring (bicyclic) bond motifs is 2. The Morgan fingerprint density at radius 3 is 2.56 bits per heavy atom. The van der Waals surface area contributed by atoms with E-state index >= 15 is 0 Å². The van der Waals surface area contributed by atoms with Gasteiger partial charge in [-0.25, -0.2) is 4.98 Å². The molecule has 3 heterocycles. The first-order valence-corrected chi connectivity index (χ1v) is 8.17. The Kier molecular flexibility index (Phi) is 3.80. The lowest BCUT2D eigenvalue weighted by molar-refractivity contribution is 0.353. The number of hydrogen-bond donors (Lipinski definition) is 0. The number of anilines is 1. The molecule has 25 heavy (non-hydrogen) atoms. The summed E-state index contributed by atoms with van der Waals surface area (Å²) in [6, 6.07) is 11.2. The lowest BCUT2D eigenvalue weighted by Crippen LogP contribution is -2.32. The minimum Gasteiger partial charge on any atom is -0.493 e. The van der Waals surface area contributed by atoms with Crippen molar-refractivity contribution in [2.45, 2.75) is 13.0 Å². The van der Waals surface area contributed by atoms with Gasteiger partial charge in [0.05, 0.1) is 14.2 Å². The molecule has 6 nitrogen and oxygen atoms in total. The van der Waals surface area contributed by atoms with Crippen molar-refractivity contribution in [2.24, 2.45) is 0 Å². The predicted molar refractivity (Wildman–Crippen MR) is 95.8 cm³/mol. The molecule has 1 aromatic carbocycles.